The summed E-state index contributed by atoms with van der Waals surface area (Å²) in [6, 6.07) is 0. The van der Waals surface area contributed by atoms with Crippen molar-refractivity contribution >= 4 is 11.6 Å². The Morgan fingerprint density at radius 2 is 1.57 bits per heavy atom. The van der Waals surface area contributed by atoms with E-state index in [1.54, 1.807) is 0 Å². The zero-order chi connectivity index (χ0) is 11.0. The summed E-state index contributed by atoms with van der Waals surface area (Å²) in [6.07, 6.45) is 3.74. The lowest BCUT2D eigenvalue weighted by molar-refractivity contribution is 0.286. The molecule has 1 unspecified atom stereocenters. The minimum absolute atomic E-state index is 0.772. The first-order valence-corrected chi connectivity index (χ1v) is 6.34. The zero-order valence-electron chi connectivity index (χ0n) is 10.2. The Balaban J connectivity index is 3.38. The van der Waals surface area contributed by atoms with Crippen molar-refractivity contribution in [3.63, 3.8) is 0 Å². The molecule has 0 aliphatic heterocycles. The Labute approximate surface area is 94.8 Å². The number of hydrogen-bond donors (Lipinski definition) is 0. The molecule has 2 heteroatoms. The summed E-state index contributed by atoms with van der Waals surface area (Å²) in [7, 11) is 2.22. The van der Waals surface area contributed by atoms with Gasteiger partial charge in [0, 0.05) is 5.88 Å². The van der Waals surface area contributed by atoms with Gasteiger partial charge in [-0.3, -0.25) is 0 Å². The predicted molar refractivity (Wildman–Crippen MR) is 66.1 cm³/mol. The van der Waals surface area contributed by atoms with E-state index < -0.39 is 0 Å². The van der Waals surface area contributed by atoms with Gasteiger partial charge in [-0.1, -0.05) is 20.8 Å². The molecule has 0 rings (SSSR count). The summed E-state index contributed by atoms with van der Waals surface area (Å²) in [6.45, 7) is 9.29. The molecular formula is C12H26ClN. The van der Waals surface area contributed by atoms with Crippen LogP contribution in [0.25, 0.3) is 0 Å². The van der Waals surface area contributed by atoms with Gasteiger partial charge in [0.1, 0.15) is 0 Å². The Morgan fingerprint density at radius 3 is 2.07 bits per heavy atom. The molecule has 0 aromatic carbocycles. The van der Waals surface area contributed by atoms with Crippen molar-refractivity contribution in [3.05, 3.63) is 0 Å². The quantitative estimate of drug-likeness (QED) is 0.564. The number of alkyl halides is 1. The van der Waals surface area contributed by atoms with Crippen LogP contribution in [-0.2, 0) is 0 Å². The molecule has 0 aromatic heterocycles. The third-order valence-corrected chi connectivity index (χ3v) is 2.91. The van der Waals surface area contributed by atoms with Crippen LogP contribution in [0.5, 0.6) is 0 Å². The van der Waals surface area contributed by atoms with E-state index in [1.807, 2.05) is 0 Å². The lowest BCUT2D eigenvalue weighted by Crippen LogP contribution is -2.23. The minimum Gasteiger partial charge on any atom is -0.306 e. The van der Waals surface area contributed by atoms with Crippen molar-refractivity contribution in [1.29, 1.82) is 0 Å². The zero-order valence-corrected chi connectivity index (χ0v) is 11.0. The Hall–Kier alpha value is 0.250. The average molecular weight is 220 g/mol. The van der Waals surface area contributed by atoms with Gasteiger partial charge < -0.3 is 4.90 Å². The van der Waals surface area contributed by atoms with E-state index in [-0.39, 0.29) is 0 Å². The molecule has 86 valence electrons. The summed E-state index contributed by atoms with van der Waals surface area (Å²) in [5.74, 6) is 2.39. The normalized spacial score (nSPS) is 13.9. The molecule has 0 heterocycles. The molecule has 0 radical (unpaired) electrons. The van der Waals surface area contributed by atoms with Gasteiger partial charge in [-0.15, -0.1) is 11.6 Å². The molecule has 1 atom stereocenters. The van der Waals surface area contributed by atoms with Crippen LogP contribution in [0.4, 0.5) is 0 Å². The average Bonchev–Trinajstić information content (AvgIpc) is 2.12. The van der Waals surface area contributed by atoms with Crippen molar-refractivity contribution in [3.8, 4) is 0 Å². The van der Waals surface area contributed by atoms with Crippen LogP contribution in [0, 0.1) is 11.8 Å². The molecule has 0 saturated carbocycles. The molecular weight excluding hydrogens is 194 g/mol. The number of halogens is 1. The molecule has 0 saturated heterocycles. The summed E-state index contributed by atoms with van der Waals surface area (Å²) < 4.78 is 0. The topological polar surface area (TPSA) is 3.24 Å². The number of nitrogens with zero attached hydrogens (tertiary/aromatic N) is 1. The van der Waals surface area contributed by atoms with E-state index in [0.717, 1.165) is 24.1 Å². The molecule has 0 aliphatic carbocycles. The molecule has 1 nitrogen and oxygen atoms in total. The standard InChI is InChI=1S/C12H26ClN/c1-11(2)6-9-14(4)10-7-12(3)5-8-13/h11-12H,5-10H2,1-4H3. The van der Waals surface area contributed by atoms with Crippen molar-refractivity contribution in [2.75, 3.05) is 26.0 Å². The lowest BCUT2D eigenvalue weighted by atomic mass is 10.0. The Bertz CT molecular complexity index is 125. The smallest absolute Gasteiger partial charge is 0.0225 e. The fourth-order valence-corrected chi connectivity index (χ4v) is 1.73. The third kappa shape index (κ3) is 8.83. The van der Waals surface area contributed by atoms with Gasteiger partial charge in [-0.05, 0) is 51.2 Å². The maximum atomic E-state index is 5.70. The molecule has 0 bridgehead atoms. The van der Waals surface area contributed by atoms with E-state index in [9.17, 15) is 0 Å². The largest absolute Gasteiger partial charge is 0.306 e. The molecule has 14 heavy (non-hydrogen) atoms. The van der Waals surface area contributed by atoms with Crippen molar-refractivity contribution in [2.24, 2.45) is 11.8 Å². The van der Waals surface area contributed by atoms with E-state index in [0.29, 0.717) is 0 Å². The number of rotatable bonds is 8. The van der Waals surface area contributed by atoms with Crippen LogP contribution in [0.1, 0.15) is 40.0 Å². The number of hydrogen-bond acceptors (Lipinski definition) is 1. The van der Waals surface area contributed by atoms with Crippen LogP contribution >= 0.6 is 11.6 Å². The van der Waals surface area contributed by atoms with E-state index in [4.69, 9.17) is 11.6 Å². The van der Waals surface area contributed by atoms with Crippen molar-refractivity contribution in [2.45, 2.75) is 40.0 Å². The van der Waals surface area contributed by atoms with Gasteiger partial charge >= 0.3 is 0 Å². The van der Waals surface area contributed by atoms with Crippen LogP contribution in [0.15, 0.2) is 0 Å². The molecule has 0 aliphatic rings. The highest BCUT2D eigenvalue weighted by Crippen LogP contribution is 2.09. The van der Waals surface area contributed by atoms with Gasteiger partial charge in [-0.25, -0.2) is 0 Å². The summed E-state index contributed by atoms with van der Waals surface area (Å²) in [5, 5.41) is 0. The van der Waals surface area contributed by atoms with Gasteiger partial charge in [-0.2, -0.15) is 0 Å². The monoisotopic (exact) mass is 219 g/mol. The second-order valence-electron chi connectivity index (χ2n) is 4.86. The molecule has 0 spiro atoms. The summed E-state index contributed by atoms with van der Waals surface area (Å²) >= 11 is 5.70. The fourth-order valence-electron chi connectivity index (χ4n) is 1.36. The first-order chi connectivity index (χ1) is 6.56. The van der Waals surface area contributed by atoms with Crippen LogP contribution in [-0.4, -0.2) is 30.9 Å². The minimum atomic E-state index is 0.772. The molecule has 0 aromatic rings. The summed E-state index contributed by atoms with van der Waals surface area (Å²) in [5.41, 5.74) is 0. The third-order valence-electron chi connectivity index (χ3n) is 2.69. The lowest BCUT2D eigenvalue weighted by Gasteiger charge is -2.19. The highest BCUT2D eigenvalue weighted by Gasteiger charge is 2.04. The van der Waals surface area contributed by atoms with Crippen LogP contribution in [0.3, 0.4) is 0 Å². The second kappa shape index (κ2) is 8.55. The first kappa shape index (κ1) is 14.2. The Kier molecular flexibility index (Phi) is 8.70. The predicted octanol–water partition coefficient (Wildman–Crippen LogP) is 3.62. The molecule has 0 N–H and O–H groups in total. The fraction of sp³-hybridized carbons (Fsp3) is 1.00. The van der Waals surface area contributed by atoms with E-state index in [2.05, 4.69) is 32.7 Å². The maximum absolute atomic E-state index is 5.70. The molecule has 0 fully saturated rings. The maximum Gasteiger partial charge on any atom is 0.0225 e. The first-order valence-electron chi connectivity index (χ1n) is 5.80. The van der Waals surface area contributed by atoms with Gasteiger partial charge in [0.15, 0.2) is 0 Å². The SMILES string of the molecule is CC(C)CCN(C)CCC(C)CCCl. The van der Waals surface area contributed by atoms with Gasteiger partial charge in [0.05, 0.1) is 0 Å². The van der Waals surface area contributed by atoms with Gasteiger partial charge in [0.2, 0.25) is 0 Å². The Morgan fingerprint density at radius 1 is 1.00 bits per heavy atom. The highest BCUT2D eigenvalue weighted by atomic mass is 35.5. The van der Waals surface area contributed by atoms with E-state index >= 15 is 0 Å². The summed E-state index contributed by atoms with van der Waals surface area (Å²) in [4.78, 5) is 2.44. The van der Waals surface area contributed by atoms with Crippen LogP contribution in [0.2, 0.25) is 0 Å². The van der Waals surface area contributed by atoms with Crippen molar-refractivity contribution < 1.29 is 0 Å². The van der Waals surface area contributed by atoms with Crippen LogP contribution < -0.4 is 0 Å². The van der Waals surface area contributed by atoms with Gasteiger partial charge in [0.25, 0.3) is 0 Å². The molecule has 0 amide bonds. The van der Waals surface area contributed by atoms with E-state index in [1.165, 1.54) is 25.9 Å². The highest BCUT2D eigenvalue weighted by molar-refractivity contribution is 6.17. The second-order valence-corrected chi connectivity index (χ2v) is 5.24. The van der Waals surface area contributed by atoms with Crippen molar-refractivity contribution in [1.82, 2.24) is 4.90 Å².